The van der Waals surface area contributed by atoms with Crippen LogP contribution in [0.15, 0.2) is 79.1 Å². The number of hydrogen-bond acceptors (Lipinski definition) is 4. The number of nitro groups is 1. The third-order valence-electron chi connectivity index (χ3n) is 4.18. The van der Waals surface area contributed by atoms with Gasteiger partial charge >= 0.3 is 0 Å². The van der Waals surface area contributed by atoms with Crippen LogP contribution in [0.25, 0.3) is 16.5 Å². The molecule has 0 spiro atoms. The van der Waals surface area contributed by atoms with Gasteiger partial charge in [-0.05, 0) is 35.0 Å². The maximum atomic E-state index is 12.5. The SMILES string of the molecule is O=C(Nc1ccc2ccccc2c1)c1cnn(-c2ccc([N+](=O)[O-])cc2)c1. The van der Waals surface area contributed by atoms with E-state index in [1.807, 2.05) is 42.5 Å². The molecule has 0 saturated heterocycles. The average Bonchev–Trinajstić information content (AvgIpc) is 3.18. The Morgan fingerprint density at radius 3 is 2.48 bits per heavy atom. The summed E-state index contributed by atoms with van der Waals surface area (Å²) in [6.45, 7) is 0. The minimum Gasteiger partial charge on any atom is -0.322 e. The van der Waals surface area contributed by atoms with Gasteiger partial charge in [-0.15, -0.1) is 0 Å². The summed E-state index contributed by atoms with van der Waals surface area (Å²) < 4.78 is 1.50. The summed E-state index contributed by atoms with van der Waals surface area (Å²) in [6.07, 6.45) is 3.04. The van der Waals surface area contributed by atoms with Crippen molar-refractivity contribution in [3.8, 4) is 5.69 Å². The van der Waals surface area contributed by atoms with Crippen molar-refractivity contribution in [2.45, 2.75) is 0 Å². The summed E-state index contributed by atoms with van der Waals surface area (Å²) in [5.74, 6) is -0.279. The average molecular weight is 358 g/mol. The van der Waals surface area contributed by atoms with Crippen molar-refractivity contribution in [3.05, 3.63) is 94.8 Å². The van der Waals surface area contributed by atoms with E-state index in [9.17, 15) is 14.9 Å². The van der Waals surface area contributed by atoms with E-state index in [1.165, 1.54) is 23.0 Å². The first-order valence-electron chi connectivity index (χ1n) is 8.20. The summed E-state index contributed by atoms with van der Waals surface area (Å²) in [4.78, 5) is 22.7. The lowest BCUT2D eigenvalue weighted by atomic mass is 10.1. The molecule has 0 aliphatic rings. The van der Waals surface area contributed by atoms with Crippen molar-refractivity contribution in [1.29, 1.82) is 0 Å². The van der Waals surface area contributed by atoms with Crippen LogP contribution in [0.5, 0.6) is 0 Å². The second-order valence-corrected chi connectivity index (χ2v) is 5.96. The van der Waals surface area contributed by atoms with Gasteiger partial charge < -0.3 is 5.32 Å². The molecule has 7 nitrogen and oxygen atoms in total. The highest BCUT2D eigenvalue weighted by Gasteiger charge is 2.11. The second-order valence-electron chi connectivity index (χ2n) is 5.96. The topological polar surface area (TPSA) is 90.1 Å². The van der Waals surface area contributed by atoms with Gasteiger partial charge in [0.2, 0.25) is 0 Å². The number of aromatic nitrogens is 2. The lowest BCUT2D eigenvalue weighted by molar-refractivity contribution is -0.384. The van der Waals surface area contributed by atoms with E-state index >= 15 is 0 Å². The van der Waals surface area contributed by atoms with Gasteiger partial charge in [0.25, 0.3) is 11.6 Å². The molecule has 132 valence electrons. The molecule has 0 atom stereocenters. The number of anilines is 1. The van der Waals surface area contributed by atoms with Gasteiger partial charge in [0, 0.05) is 24.0 Å². The van der Waals surface area contributed by atoms with Gasteiger partial charge in [0.1, 0.15) is 0 Å². The van der Waals surface area contributed by atoms with E-state index in [2.05, 4.69) is 10.4 Å². The number of nitro benzene ring substituents is 1. The monoisotopic (exact) mass is 358 g/mol. The lowest BCUT2D eigenvalue weighted by Gasteiger charge is -2.05. The summed E-state index contributed by atoms with van der Waals surface area (Å²) >= 11 is 0. The van der Waals surface area contributed by atoms with E-state index in [1.54, 1.807) is 18.3 Å². The number of carbonyl (C=O) groups excluding carboxylic acids is 1. The standard InChI is InChI=1S/C20H14N4O3/c25-20(22-17-6-5-14-3-1-2-4-15(14)11-17)16-12-21-23(13-16)18-7-9-19(10-8-18)24(26)27/h1-13H,(H,22,25). The zero-order valence-corrected chi connectivity index (χ0v) is 14.1. The molecular formula is C20H14N4O3. The highest BCUT2D eigenvalue weighted by Crippen LogP contribution is 2.20. The third kappa shape index (κ3) is 3.38. The first kappa shape index (κ1) is 16.5. The summed E-state index contributed by atoms with van der Waals surface area (Å²) in [6, 6.07) is 19.6. The first-order chi connectivity index (χ1) is 13.1. The largest absolute Gasteiger partial charge is 0.322 e. The van der Waals surface area contributed by atoms with Crippen LogP contribution in [0, 0.1) is 10.1 Å². The lowest BCUT2D eigenvalue weighted by Crippen LogP contribution is -2.11. The van der Waals surface area contributed by atoms with Crippen molar-refractivity contribution < 1.29 is 9.72 Å². The Morgan fingerprint density at radius 2 is 1.74 bits per heavy atom. The first-order valence-corrected chi connectivity index (χ1v) is 8.20. The smallest absolute Gasteiger partial charge is 0.269 e. The van der Waals surface area contributed by atoms with Crippen LogP contribution in [0.3, 0.4) is 0 Å². The van der Waals surface area contributed by atoms with E-state index < -0.39 is 4.92 Å². The van der Waals surface area contributed by atoms with Gasteiger partial charge in [0.05, 0.1) is 22.4 Å². The van der Waals surface area contributed by atoms with E-state index in [-0.39, 0.29) is 11.6 Å². The van der Waals surface area contributed by atoms with Crippen LogP contribution >= 0.6 is 0 Å². The van der Waals surface area contributed by atoms with Gasteiger partial charge in [-0.1, -0.05) is 30.3 Å². The Morgan fingerprint density at radius 1 is 1.00 bits per heavy atom. The highest BCUT2D eigenvalue weighted by molar-refractivity contribution is 6.05. The maximum Gasteiger partial charge on any atom is 0.269 e. The molecule has 1 N–H and O–H groups in total. The van der Waals surface area contributed by atoms with Gasteiger partial charge in [-0.2, -0.15) is 5.10 Å². The van der Waals surface area contributed by atoms with E-state index in [4.69, 9.17) is 0 Å². The fourth-order valence-corrected chi connectivity index (χ4v) is 2.78. The van der Waals surface area contributed by atoms with Crippen LogP contribution in [0.1, 0.15) is 10.4 Å². The van der Waals surface area contributed by atoms with Crippen LogP contribution in [0.2, 0.25) is 0 Å². The number of nitrogens with one attached hydrogen (secondary N) is 1. The van der Waals surface area contributed by atoms with Crippen LogP contribution in [0.4, 0.5) is 11.4 Å². The number of non-ortho nitro benzene ring substituents is 1. The zero-order valence-electron chi connectivity index (χ0n) is 14.1. The van der Waals surface area contributed by atoms with Crippen molar-refractivity contribution in [3.63, 3.8) is 0 Å². The van der Waals surface area contributed by atoms with Crippen LogP contribution in [-0.4, -0.2) is 20.6 Å². The summed E-state index contributed by atoms with van der Waals surface area (Å²) in [5.41, 5.74) is 1.72. The Hall–Kier alpha value is -4.00. The third-order valence-corrected chi connectivity index (χ3v) is 4.18. The zero-order chi connectivity index (χ0) is 18.8. The Kier molecular flexibility index (Phi) is 4.10. The molecule has 3 aromatic carbocycles. The second kappa shape index (κ2) is 6.72. The Bertz CT molecular complexity index is 1150. The van der Waals surface area contributed by atoms with Crippen LogP contribution in [-0.2, 0) is 0 Å². The van der Waals surface area contributed by atoms with E-state index in [0.29, 0.717) is 16.9 Å². The molecule has 0 unspecified atom stereocenters. The fourth-order valence-electron chi connectivity index (χ4n) is 2.78. The number of nitrogens with zero attached hydrogens (tertiary/aromatic N) is 3. The van der Waals surface area contributed by atoms with Crippen molar-refractivity contribution in [1.82, 2.24) is 9.78 Å². The summed E-state index contributed by atoms with van der Waals surface area (Å²) in [5, 5.41) is 19.9. The molecule has 7 heteroatoms. The predicted molar refractivity (Wildman–Crippen MR) is 102 cm³/mol. The fraction of sp³-hybridized carbons (Fsp3) is 0. The minimum atomic E-state index is -0.463. The Balaban J connectivity index is 1.53. The quantitative estimate of drug-likeness (QED) is 0.437. The van der Waals surface area contributed by atoms with Crippen LogP contribution < -0.4 is 5.32 Å². The number of amides is 1. The molecule has 1 heterocycles. The highest BCUT2D eigenvalue weighted by atomic mass is 16.6. The van der Waals surface area contributed by atoms with Crippen molar-refractivity contribution in [2.75, 3.05) is 5.32 Å². The molecule has 4 rings (SSSR count). The number of benzene rings is 3. The number of fused-ring (bicyclic) bond motifs is 1. The number of carbonyl (C=O) groups is 1. The minimum absolute atomic E-state index is 0.000164. The molecule has 1 aromatic heterocycles. The molecule has 0 saturated carbocycles. The molecule has 0 fully saturated rings. The van der Waals surface area contributed by atoms with Crippen molar-refractivity contribution in [2.24, 2.45) is 0 Å². The van der Waals surface area contributed by atoms with E-state index in [0.717, 1.165) is 10.8 Å². The van der Waals surface area contributed by atoms with Crippen molar-refractivity contribution >= 4 is 28.1 Å². The molecule has 0 aliphatic heterocycles. The molecule has 0 aliphatic carbocycles. The molecule has 4 aromatic rings. The number of rotatable bonds is 4. The molecule has 0 bridgehead atoms. The molecule has 27 heavy (non-hydrogen) atoms. The predicted octanol–water partition coefficient (Wildman–Crippen LogP) is 4.19. The van der Waals surface area contributed by atoms with Gasteiger partial charge in [-0.25, -0.2) is 4.68 Å². The maximum absolute atomic E-state index is 12.5. The van der Waals surface area contributed by atoms with Gasteiger partial charge in [0.15, 0.2) is 0 Å². The Labute approximate surface area is 154 Å². The normalized spacial score (nSPS) is 10.7. The molecule has 1 amide bonds. The summed E-state index contributed by atoms with van der Waals surface area (Å²) in [7, 11) is 0. The molecular weight excluding hydrogens is 344 g/mol. The number of hydrogen-bond donors (Lipinski definition) is 1. The molecule has 0 radical (unpaired) electrons. The van der Waals surface area contributed by atoms with Gasteiger partial charge in [-0.3, -0.25) is 14.9 Å².